The smallest absolute Gasteiger partial charge is 0.242 e. The fraction of sp³-hybridized carbons (Fsp3) is 0.333. The third-order valence-electron chi connectivity index (χ3n) is 3.01. The molecule has 1 nitrogen and oxygen atoms in total. The van der Waals surface area contributed by atoms with E-state index in [2.05, 4.69) is 73.7 Å². The number of halogens is 1. The number of rotatable bonds is 2. The van der Waals surface area contributed by atoms with Crippen molar-refractivity contribution in [2.75, 3.05) is 0 Å². The van der Waals surface area contributed by atoms with Crippen LogP contribution in [-0.2, 0) is 0 Å². The van der Waals surface area contributed by atoms with Gasteiger partial charge in [0.05, 0.1) is 0 Å². The summed E-state index contributed by atoms with van der Waals surface area (Å²) in [7, 11) is -1.56. The molecule has 2 aliphatic rings. The Balaban J connectivity index is 2.63. The Kier molecular flexibility index (Phi) is 3.56. The van der Waals surface area contributed by atoms with Crippen molar-refractivity contribution in [2.24, 2.45) is 0 Å². The number of hydrogen-bond donors (Lipinski definition) is 0. The van der Waals surface area contributed by atoms with Gasteiger partial charge in [-0.25, -0.2) is 0 Å². The molecule has 0 radical (unpaired) electrons. The van der Waals surface area contributed by atoms with E-state index in [1.54, 1.807) is 0 Å². The molecule has 3 heteroatoms. The first-order chi connectivity index (χ1) is 8.29. The molecule has 0 spiro atoms. The van der Waals surface area contributed by atoms with Crippen molar-refractivity contribution in [3.8, 4) is 16.9 Å². The Labute approximate surface area is 119 Å². The lowest BCUT2D eigenvalue weighted by molar-refractivity contribution is 0.552. The van der Waals surface area contributed by atoms with Gasteiger partial charge < -0.3 is 4.43 Å². The van der Waals surface area contributed by atoms with Gasteiger partial charge in [0.2, 0.25) is 8.32 Å². The Morgan fingerprint density at radius 1 is 0.889 bits per heavy atom. The van der Waals surface area contributed by atoms with Gasteiger partial charge in [-0.1, -0.05) is 28.1 Å². The average Bonchev–Trinajstić information content (AvgIpc) is 2.42. The summed E-state index contributed by atoms with van der Waals surface area (Å²) >= 11 is 3.52. The van der Waals surface area contributed by atoms with Gasteiger partial charge in [-0.15, -0.1) is 0 Å². The third-order valence-corrected chi connectivity index (χ3v) is 4.35. The largest absolute Gasteiger partial charge is 0.544 e. The Morgan fingerprint density at radius 3 is 1.72 bits per heavy atom. The van der Waals surface area contributed by atoms with Gasteiger partial charge in [0.25, 0.3) is 0 Å². The van der Waals surface area contributed by atoms with Crippen molar-refractivity contribution in [3.63, 3.8) is 0 Å². The predicted octanol–water partition coefficient (Wildman–Crippen LogP) is 5.38. The highest BCUT2D eigenvalue weighted by Gasteiger charge is 2.23. The molecule has 0 aromatic heterocycles. The summed E-state index contributed by atoms with van der Waals surface area (Å²) in [4.78, 5) is 0. The van der Waals surface area contributed by atoms with Crippen LogP contribution in [0.1, 0.15) is 11.1 Å². The van der Waals surface area contributed by atoms with Crippen molar-refractivity contribution >= 4 is 24.2 Å². The minimum absolute atomic E-state index is 1.09. The van der Waals surface area contributed by atoms with Crippen LogP contribution in [0.4, 0.5) is 0 Å². The molecule has 0 aliphatic heterocycles. The van der Waals surface area contributed by atoms with E-state index in [9.17, 15) is 0 Å². The Hall–Kier alpha value is -0.803. The molecule has 0 saturated carbocycles. The van der Waals surface area contributed by atoms with Gasteiger partial charge in [0, 0.05) is 4.47 Å². The SMILES string of the molecule is Cc1c2ccc(Br)ccc-2c(C)c1O[Si](C)(C)C. The Bertz CT molecular complexity index is 518. The first-order valence-corrected chi connectivity index (χ1v) is 10.4. The normalized spacial score (nSPS) is 11.9. The molecule has 0 aromatic rings. The molecule has 2 aliphatic carbocycles. The summed E-state index contributed by atoms with van der Waals surface area (Å²) in [6, 6.07) is 8.51. The summed E-state index contributed by atoms with van der Waals surface area (Å²) in [5.74, 6) is 1.09. The van der Waals surface area contributed by atoms with Crippen molar-refractivity contribution in [2.45, 2.75) is 33.5 Å². The topological polar surface area (TPSA) is 9.23 Å². The maximum atomic E-state index is 6.24. The van der Waals surface area contributed by atoms with E-state index >= 15 is 0 Å². The molecular weight excluding hydrogens is 304 g/mol. The van der Waals surface area contributed by atoms with E-state index in [0.717, 1.165) is 10.2 Å². The lowest BCUT2D eigenvalue weighted by Gasteiger charge is -2.20. The van der Waals surface area contributed by atoms with Crippen LogP contribution in [0.15, 0.2) is 28.7 Å². The summed E-state index contributed by atoms with van der Waals surface area (Å²) in [6.45, 7) is 11.0. The van der Waals surface area contributed by atoms with Crippen LogP contribution in [0, 0.1) is 13.8 Å². The molecule has 0 heterocycles. The lowest BCUT2D eigenvalue weighted by Crippen LogP contribution is -2.29. The molecule has 0 amide bonds. The zero-order valence-corrected chi connectivity index (χ0v) is 14.2. The predicted molar refractivity (Wildman–Crippen MR) is 84.2 cm³/mol. The van der Waals surface area contributed by atoms with Crippen molar-refractivity contribution < 1.29 is 4.43 Å². The standard InChI is InChI=1S/C15H19BrOSi/c1-10-13-8-6-12(16)7-9-14(13)11(2)15(10)17-18(3,4)5/h6-9H,1-5H3. The van der Waals surface area contributed by atoms with E-state index in [4.69, 9.17) is 4.43 Å². The zero-order chi connectivity index (χ0) is 13.5. The second-order valence-electron chi connectivity index (χ2n) is 5.67. The van der Waals surface area contributed by atoms with E-state index in [0.29, 0.717) is 0 Å². The second kappa shape index (κ2) is 4.70. The number of fused-ring (bicyclic) bond motifs is 1. The van der Waals surface area contributed by atoms with Crippen molar-refractivity contribution in [3.05, 3.63) is 39.9 Å². The van der Waals surface area contributed by atoms with Gasteiger partial charge >= 0.3 is 0 Å². The van der Waals surface area contributed by atoms with Crippen LogP contribution < -0.4 is 4.43 Å². The van der Waals surface area contributed by atoms with Gasteiger partial charge in [0.15, 0.2) is 0 Å². The zero-order valence-electron chi connectivity index (χ0n) is 11.6. The first kappa shape index (κ1) is 13.6. The van der Waals surface area contributed by atoms with Gasteiger partial charge in [-0.2, -0.15) is 0 Å². The Morgan fingerprint density at radius 2 is 1.33 bits per heavy atom. The molecule has 18 heavy (non-hydrogen) atoms. The molecule has 0 bridgehead atoms. The van der Waals surface area contributed by atoms with Crippen molar-refractivity contribution in [1.29, 1.82) is 0 Å². The highest BCUT2D eigenvalue weighted by Crippen LogP contribution is 2.42. The van der Waals surface area contributed by atoms with Gasteiger partial charge in [-0.05, 0) is 67.9 Å². The lowest BCUT2D eigenvalue weighted by atomic mass is 10.1. The van der Waals surface area contributed by atoms with E-state index in [-0.39, 0.29) is 0 Å². The maximum Gasteiger partial charge on any atom is 0.242 e. The quantitative estimate of drug-likeness (QED) is 0.674. The molecule has 96 valence electrons. The summed E-state index contributed by atoms with van der Waals surface area (Å²) in [5, 5.41) is 0. The second-order valence-corrected chi connectivity index (χ2v) is 11.0. The van der Waals surface area contributed by atoms with E-state index in [1.807, 2.05) is 0 Å². The number of hydrogen-bond acceptors (Lipinski definition) is 1. The van der Waals surface area contributed by atoms with E-state index in [1.165, 1.54) is 22.3 Å². The molecule has 0 atom stereocenters. The fourth-order valence-corrected chi connectivity index (χ4v) is 3.38. The van der Waals surface area contributed by atoms with Crippen LogP contribution >= 0.6 is 15.9 Å². The van der Waals surface area contributed by atoms with Gasteiger partial charge in [0.1, 0.15) is 5.75 Å². The molecular formula is C15H19BrOSi. The van der Waals surface area contributed by atoms with Crippen LogP contribution in [-0.4, -0.2) is 8.32 Å². The highest BCUT2D eigenvalue weighted by atomic mass is 79.9. The van der Waals surface area contributed by atoms with Crippen LogP contribution in [0.2, 0.25) is 19.6 Å². The molecule has 0 fully saturated rings. The maximum absolute atomic E-state index is 6.24. The summed E-state index contributed by atoms with van der Waals surface area (Å²) in [6.07, 6.45) is 0. The summed E-state index contributed by atoms with van der Waals surface area (Å²) in [5.41, 5.74) is 5.08. The summed E-state index contributed by atoms with van der Waals surface area (Å²) < 4.78 is 7.34. The van der Waals surface area contributed by atoms with Crippen LogP contribution in [0.3, 0.4) is 0 Å². The third kappa shape index (κ3) is 2.62. The molecule has 0 aromatic carbocycles. The molecule has 0 unspecified atom stereocenters. The fourth-order valence-electron chi connectivity index (χ4n) is 2.20. The van der Waals surface area contributed by atoms with Crippen LogP contribution in [0.5, 0.6) is 5.75 Å². The minimum atomic E-state index is -1.56. The monoisotopic (exact) mass is 322 g/mol. The van der Waals surface area contributed by atoms with E-state index < -0.39 is 8.32 Å². The molecule has 2 rings (SSSR count). The minimum Gasteiger partial charge on any atom is -0.544 e. The van der Waals surface area contributed by atoms with Gasteiger partial charge in [-0.3, -0.25) is 0 Å². The van der Waals surface area contributed by atoms with Crippen LogP contribution in [0.25, 0.3) is 11.1 Å². The first-order valence-electron chi connectivity index (χ1n) is 6.17. The molecule has 0 N–H and O–H groups in total. The van der Waals surface area contributed by atoms with Crippen molar-refractivity contribution in [1.82, 2.24) is 0 Å². The molecule has 0 saturated heterocycles. The average molecular weight is 323 g/mol. The highest BCUT2D eigenvalue weighted by molar-refractivity contribution is 9.10.